The molecule has 0 spiro atoms. The fraction of sp³-hybridized carbons (Fsp3) is 0.136. The number of Topliss-reactive ketones (excluding diaryl/α,β-unsaturated/α-hetero) is 1. The van der Waals surface area contributed by atoms with Crippen molar-refractivity contribution in [2.75, 3.05) is 5.32 Å². The molecule has 1 aliphatic carbocycles. The van der Waals surface area contributed by atoms with E-state index in [1.54, 1.807) is 43.3 Å². The molecular formula is C22H16FN3O3. The summed E-state index contributed by atoms with van der Waals surface area (Å²) in [6.07, 6.45) is 0. The molecule has 0 amide bonds. The number of aromatic amines is 1. The molecule has 7 heteroatoms. The Kier molecular flexibility index (Phi) is 3.67. The van der Waals surface area contributed by atoms with Crippen molar-refractivity contribution in [1.29, 1.82) is 0 Å². The minimum Gasteiger partial charge on any atom is -0.340 e. The first-order valence-electron chi connectivity index (χ1n) is 9.29. The quantitative estimate of drug-likeness (QED) is 0.706. The molecule has 0 radical (unpaired) electrons. The lowest BCUT2D eigenvalue weighted by Gasteiger charge is -2.29. The standard InChI is InChI=1S/C22H16FN3O3/c1-2-26-20-17(21(28)25-22(26)29)15(13-9-5-6-10-14(13)23)16-18(24-20)11-7-3-4-8-12(11)19(16)27/h3-10,15,24H,2H2,1H3,(H,25,28,29). The van der Waals surface area contributed by atoms with E-state index >= 15 is 0 Å². The fourth-order valence-corrected chi connectivity index (χ4v) is 4.29. The van der Waals surface area contributed by atoms with E-state index in [4.69, 9.17) is 0 Å². The summed E-state index contributed by atoms with van der Waals surface area (Å²) >= 11 is 0. The molecule has 1 unspecified atom stereocenters. The van der Waals surface area contributed by atoms with E-state index in [2.05, 4.69) is 10.3 Å². The number of carbonyl (C=O) groups excluding carboxylic acids is 1. The largest absolute Gasteiger partial charge is 0.340 e. The summed E-state index contributed by atoms with van der Waals surface area (Å²) in [5.41, 5.74) is 1.18. The molecule has 0 saturated carbocycles. The molecule has 0 saturated heterocycles. The van der Waals surface area contributed by atoms with Crippen molar-refractivity contribution >= 4 is 17.3 Å². The molecule has 1 aromatic heterocycles. The predicted molar refractivity (Wildman–Crippen MR) is 107 cm³/mol. The zero-order valence-electron chi connectivity index (χ0n) is 15.5. The van der Waals surface area contributed by atoms with Gasteiger partial charge in [0.2, 0.25) is 0 Å². The van der Waals surface area contributed by atoms with Crippen molar-refractivity contribution in [3.05, 3.63) is 103 Å². The Labute approximate surface area is 164 Å². The third-order valence-electron chi connectivity index (χ3n) is 5.54. The Morgan fingerprint density at radius 2 is 1.69 bits per heavy atom. The first-order chi connectivity index (χ1) is 14.0. The minimum atomic E-state index is -0.926. The van der Waals surface area contributed by atoms with Crippen molar-refractivity contribution in [2.24, 2.45) is 0 Å². The highest BCUT2D eigenvalue weighted by atomic mass is 19.1. The van der Waals surface area contributed by atoms with Gasteiger partial charge in [-0.2, -0.15) is 0 Å². The molecule has 1 atom stereocenters. The van der Waals surface area contributed by atoms with Crippen molar-refractivity contribution in [3.63, 3.8) is 0 Å². The Balaban J connectivity index is 1.90. The van der Waals surface area contributed by atoms with Crippen molar-refractivity contribution < 1.29 is 9.18 Å². The van der Waals surface area contributed by atoms with E-state index in [0.29, 0.717) is 28.9 Å². The van der Waals surface area contributed by atoms with E-state index in [0.717, 1.165) is 0 Å². The molecule has 2 N–H and O–H groups in total. The smallest absolute Gasteiger partial charge is 0.329 e. The summed E-state index contributed by atoms with van der Waals surface area (Å²) in [6, 6.07) is 13.2. The molecule has 5 rings (SSSR count). The number of nitrogens with one attached hydrogen (secondary N) is 2. The van der Waals surface area contributed by atoms with Crippen LogP contribution in [-0.2, 0) is 6.54 Å². The number of carbonyl (C=O) groups is 1. The normalized spacial score (nSPS) is 16.9. The number of halogens is 1. The molecular weight excluding hydrogens is 373 g/mol. The topological polar surface area (TPSA) is 84.0 Å². The number of hydrogen-bond donors (Lipinski definition) is 2. The Bertz CT molecular complexity index is 1350. The van der Waals surface area contributed by atoms with Crippen LogP contribution in [0.5, 0.6) is 0 Å². The lowest BCUT2D eigenvalue weighted by molar-refractivity contribution is 0.103. The van der Waals surface area contributed by atoms with Crippen LogP contribution in [0.4, 0.5) is 10.2 Å². The second-order valence-electron chi connectivity index (χ2n) is 7.01. The number of aromatic nitrogens is 2. The van der Waals surface area contributed by atoms with Gasteiger partial charge in [-0.1, -0.05) is 42.5 Å². The van der Waals surface area contributed by atoms with Gasteiger partial charge in [0, 0.05) is 28.8 Å². The van der Waals surface area contributed by atoms with E-state index in [-0.39, 0.29) is 22.7 Å². The second-order valence-corrected chi connectivity index (χ2v) is 7.01. The van der Waals surface area contributed by atoms with Gasteiger partial charge in [0.1, 0.15) is 11.6 Å². The zero-order chi connectivity index (χ0) is 20.3. The van der Waals surface area contributed by atoms with Crippen LogP contribution in [0.2, 0.25) is 0 Å². The summed E-state index contributed by atoms with van der Waals surface area (Å²) in [5, 5.41) is 3.15. The summed E-state index contributed by atoms with van der Waals surface area (Å²) in [6.45, 7) is 2.07. The van der Waals surface area contributed by atoms with Gasteiger partial charge in [-0.25, -0.2) is 9.18 Å². The Hall–Kier alpha value is -3.74. The van der Waals surface area contributed by atoms with E-state index in [1.807, 2.05) is 6.07 Å². The third kappa shape index (κ3) is 2.30. The van der Waals surface area contributed by atoms with Crippen LogP contribution < -0.4 is 16.6 Å². The van der Waals surface area contributed by atoms with Crippen LogP contribution in [0.3, 0.4) is 0 Å². The highest BCUT2D eigenvalue weighted by molar-refractivity contribution is 6.23. The van der Waals surface area contributed by atoms with Crippen LogP contribution in [0.25, 0.3) is 5.70 Å². The molecule has 2 heterocycles. The van der Waals surface area contributed by atoms with Crippen molar-refractivity contribution in [3.8, 4) is 0 Å². The molecule has 2 aromatic carbocycles. The zero-order valence-corrected chi connectivity index (χ0v) is 15.5. The number of allylic oxidation sites excluding steroid dienone is 1. The maximum absolute atomic E-state index is 14.8. The van der Waals surface area contributed by atoms with Gasteiger partial charge < -0.3 is 5.32 Å². The molecule has 1 aliphatic heterocycles. The number of fused-ring (bicyclic) bond motifs is 3. The highest BCUT2D eigenvalue weighted by Gasteiger charge is 2.43. The van der Waals surface area contributed by atoms with Gasteiger partial charge in [-0.3, -0.25) is 19.1 Å². The molecule has 2 aliphatic rings. The van der Waals surface area contributed by atoms with Crippen LogP contribution in [0.1, 0.15) is 39.9 Å². The number of rotatable bonds is 2. The van der Waals surface area contributed by atoms with Gasteiger partial charge in [-0.05, 0) is 13.0 Å². The lowest BCUT2D eigenvalue weighted by Crippen LogP contribution is -2.38. The molecule has 29 heavy (non-hydrogen) atoms. The number of H-pyrrole nitrogens is 1. The second kappa shape index (κ2) is 6.13. The fourth-order valence-electron chi connectivity index (χ4n) is 4.29. The first-order valence-corrected chi connectivity index (χ1v) is 9.29. The third-order valence-corrected chi connectivity index (χ3v) is 5.54. The number of benzene rings is 2. The van der Waals surface area contributed by atoms with Crippen molar-refractivity contribution in [2.45, 2.75) is 19.4 Å². The molecule has 3 aromatic rings. The summed E-state index contributed by atoms with van der Waals surface area (Å²) in [4.78, 5) is 40.8. The Morgan fingerprint density at radius 3 is 2.41 bits per heavy atom. The maximum Gasteiger partial charge on any atom is 0.329 e. The maximum atomic E-state index is 14.8. The van der Waals surface area contributed by atoms with E-state index in [1.165, 1.54) is 10.6 Å². The van der Waals surface area contributed by atoms with E-state index in [9.17, 15) is 18.8 Å². The number of nitrogens with zero attached hydrogens (tertiary/aromatic N) is 1. The van der Waals surface area contributed by atoms with Gasteiger partial charge in [0.05, 0.1) is 17.2 Å². The van der Waals surface area contributed by atoms with E-state index < -0.39 is 23.0 Å². The van der Waals surface area contributed by atoms with Gasteiger partial charge in [0.15, 0.2) is 5.78 Å². The molecule has 6 nitrogen and oxygen atoms in total. The molecule has 0 bridgehead atoms. The number of hydrogen-bond acceptors (Lipinski definition) is 4. The van der Waals surface area contributed by atoms with Crippen LogP contribution in [0.15, 0.2) is 63.7 Å². The summed E-state index contributed by atoms with van der Waals surface area (Å²) in [5.74, 6) is -1.41. The first kappa shape index (κ1) is 17.4. The van der Waals surface area contributed by atoms with Crippen LogP contribution in [0, 0.1) is 5.82 Å². The lowest BCUT2D eigenvalue weighted by atomic mass is 9.81. The predicted octanol–water partition coefficient (Wildman–Crippen LogP) is 2.86. The SMILES string of the molecule is CCn1c2c(c(=O)[nH]c1=O)C(c1ccccc1F)C1=C(N2)c2ccccc2C1=O. The Morgan fingerprint density at radius 1 is 1.00 bits per heavy atom. The van der Waals surface area contributed by atoms with Gasteiger partial charge >= 0.3 is 5.69 Å². The molecule has 0 fully saturated rings. The average Bonchev–Trinajstić information content (AvgIpc) is 3.00. The van der Waals surface area contributed by atoms with Crippen LogP contribution in [-0.4, -0.2) is 15.3 Å². The number of ketones is 1. The van der Waals surface area contributed by atoms with Gasteiger partial charge in [-0.15, -0.1) is 0 Å². The summed E-state index contributed by atoms with van der Waals surface area (Å²) < 4.78 is 16.2. The summed E-state index contributed by atoms with van der Waals surface area (Å²) in [7, 11) is 0. The van der Waals surface area contributed by atoms with Gasteiger partial charge in [0.25, 0.3) is 5.56 Å². The van der Waals surface area contributed by atoms with Crippen molar-refractivity contribution in [1.82, 2.24) is 9.55 Å². The van der Waals surface area contributed by atoms with Crippen LogP contribution >= 0.6 is 0 Å². The minimum absolute atomic E-state index is 0.163. The average molecular weight is 389 g/mol. The molecule has 144 valence electrons. The highest BCUT2D eigenvalue weighted by Crippen LogP contribution is 2.48. The number of anilines is 1. The monoisotopic (exact) mass is 389 g/mol.